The lowest BCUT2D eigenvalue weighted by Gasteiger charge is -2.32. The van der Waals surface area contributed by atoms with Gasteiger partial charge in [0.2, 0.25) is 0 Å². The van der Waals surface area contributed by atoms with Crippen LogP contribution in [0.5, 0.6) is 5.75 Å². The van der Waals surface area contributed by atoms with Gasteiger partial charge in [-0.1, -0.05) is 24.3 Å². The van der Waals surface area contributed by atoms with Gasteiger partial charge in [0.1, 0.15) is 17.6 Å². The number of nitrogens with zero attached hydrogens (tertiary/aromatic N) is 1. The molecule has 1 aromatic heterocycles. The maximum Gasteiger partial charge on any atom is 0.268 e. The van der Waals surface area contributed by atoms with Crippen molar-refractivity contribution in [1.82, 2.24) is 4.90 Å². The van der Waals surface area contributed by atoms with Crippen molar-refractivity contribution in [2.75, 3.05) is 7.11 Å². The summed E-state index contributed by atoms with van der Waals surface area (Å²) in [5, 5.41) is 1.96. The van der Waals surface area contributed by atoms with Gasteiger partial charge in [0.25, 0.3) is 11.1 Å². The van der Waals surface area contributed by atoms with Crippen molar-refractivity contribution in [1.29, 1.82) is 0 Å². The van der Waals surface area contributed by atoms with Crippen LogP contribution in [-0.4, -0.2) is 29.1 Å². The first-order valence-electron chi connectivity index (χ1n) is 9.14. The Labute approximate surface area is 183 Å². The molecule has 0 saturated carbocycles. The summed E-state index contributed by atoms with van der Waals surface area (Å²) in [4.78, 5) is 15.6. The Kier molecular flexibility index (Phi) is 5.40. The summed E-state index contributed by atoms with van der Waals surface area (Å²) in [5.74, 6) is -0.0265. The molecule has 1 amide bonds. The van der Waals surface area contributed by atoms with E-state index in [1.54, 1.807) is 49.6 Å². The van der Waals surface area contributed by atoms with Gasteiger partial charge in [-0.15, -0.1) is 17.9 Å². The van der Waals surface area contributed by atoms with Crippen LogP contribution >= 0.6 is 23.6 Å². The van der Waals surface area contributed by atoms with Crippen LogP contribution in [0.4, 0.5) is 4.39 Å². The average molecular weight is 440 g/mol. The summed E-state index contributed by atoms with van der Waals surface area (Å²) < 4.78 is 25.0. The number of methoxy groups -OCH3 is 1. The van der Waals surface area contributed by atoms with Crippen LogP contribution in [0.25, 0.3) is 0 Å². The smallest absolute Gasteiger partial charge is 0.268 e. The molecular weight excluding hydrogens is 421 g/mol. The van der Waals surface area contributed by atoms with E-state index >= 15 is 0 Å². The Balaban J connectivity index is 1.82. The van der Waals surface area contributed by atoms with Gasteiger partial charge in [-0.3, -0.25) is 9.69 Å². The fraction of sp³-hybridized carbons (Fsp3) is 0.130. The second kappa shape index (κ2) is 8.01. The largest absolute Gasteiger partial charge is 0.497 e. The van der Waals surface area contributed by atoms with Gasteiger partial charge < -0.3 is 9.47 Å². The molecule has 0 bridgehead atoms. The van der Waals surface area contributed by atoms with Crippen molar-refractivity contribution in [3.63, 3.8) is 0 Å². The number of rotatable bonds is 5. The lowest BCUT2D eigenvalue weighted by molar-refractivity contribution is 0.0785. The van der Waals surface area contributed by atoms with Crippen molar-refractivity contribution in [2.45, 2.75) is 11.6 Å². The lowest BCUT2D eigenvalue weighted by atomic mass is 9.84. The Morgan fingerprint density at radius 1 is 1.23 bits per heavy atom. The first kappa shape index (κ1) is 20.3. The lowest BCUT2D eigenvalue weighted by Crippen LogP contribution is -2.45. The summed E-state index contributed by atoms with van der Waals surface area (Å²) in [5.41, 5.74) is 0.0151. The topological polar surface area (TPSA) is 38.8 Å². The molecule has 4 nitrogen and oxygen atoms in total. The quantitative estimate of drug-likeness (QED) is 0.407. The fourth-order valence-electron chi connectivity index (χ4n) is 3.65. The Morgan fingerprint density at radius 2 is 1.93 bits per heavy atom. The number of hydrogen-bond donors (Lipinski definition) is 0. The Morgan fingerprint density at radius 3 is 2.50 bits per heavy atom. The molecule has 2 aromatic carbocycles. The monoisotopic (exact) mass is 439 g/mol. The molecule has 0 spiro atoms. The fourth-order valence-corrected chi connectivity index (χ4v) is 4.90. The van der Waals surface area contributed by atoms with E-state index in [0.29, 0.717) is 16.9 Å². The van der Waals surface area contributed by atoms with Crippen molar-refractivity contribution < 1.29 is 18.7 Å². The molecule has 0 radical (unpaired) electrons. The first-order chi connectivity index (χ1) is 14.5. The summed E-state index contributed by atoms with van der Waals surface area (Å²) in [6, 6.07) is 16.0. The minimum absolute atomic E-state index is 0.0402. The van der Waals surface area contributed by atoms with Gasteiger partial charge >= 0.3 is 0 Å². The Bertz CT molecular complexity index is 1080. The first-order valence-corrected chi connectivity index (χ1v) is 10.4. The van der Waals surface area contributed by atoms with Gasteiger partial charge in [-0.05, 0) is 60.1 Å². The molecule has 7 heteroatoms. The molecule has 4 rings (SSSR count). The van der Waals surface area contributed by atoms with E-state index in [0.717, 1.165) is 4.88 Å². The van der Waals surface area contributed by atoms with Gasteiger partial charge in [-0.2, -0.15) is 0 Å². The second-order valence-corrected chi connectivity index (χ2v) is 7.97. The van der Waals surface area contributed by atoms with Crippen LogP contribution in [-0.2, 0) is 10.3 Å². The number of ether oxygens (including phenoxy) is 2. The molecule has 3 aromatic rings. The van der Waals surface area contributed by atoms with E-state index in [2.05, 4.69) is 6.58 Å². The number of benzene rings is 2. The van der Waals surface area contributed by atoms with Crippen LogP contribution in [0.15, 0.2) is 78.7 Å². The predicted octanol–water partition coefficient (Wildman–Crippen LogP) is 5.15. The van der Waals surface area contributed by atoms with Crippen molar-refractivity contribution in [3.05, 3.63) is 101 Å². The molecule has 2 atom stereocenters. The molecule has 1 aliphatic rings. The minimum atomic E-state index is -1.11. The maximum absolute atomic E-state index is 13.6. The average Bonchev–Trinajstić information content (AvgIpc) is 3.40. The SMILES string of the molecule is C=CC1N(C(=O)c2ccc(OC)cc2)C(=S)OC1(c1ccc(F)cc1)c1cccs1. The number of carbonyl (C=O) groups excluding carboxylic acids is 1. The number of halogens is 1. The number of thiocarbonyl (C=S) groups is 1. The highest BCUT2D eigenvalue weighted by molar-refractivity contribution is 7.80. The maximum atomic E-state index is 13.6. The zero-order chi connectivity index (χ0) is 21.3. The molecular formula is C23H18FNO3S2. The van der Waals surface area contributed by atoms with Crippen LogP contribution < -0.4 is 4.74 Å². The summed E-state index contributed by atoms with van der Waals surface area (Å²) >= 11 is 6.97. The van der Waals surface area contributed by atoms with E-state index in [9.17, 15) is 9.18 Å². The van der Waals surface area contributed by atoms with Gasteiger partial charge in [0.05, 0.1) is 12.0 Å². The zero-order valence-electron chi connectivity index (χ0n) is 16.1. The predicted molar refractivity (Wildman–Crippen MR) is 118 cm³/mol. The summed E-state index contributed by atoms with van der Waals surface area (Å²) in [6.45, 7) is 3.96. The normalized spacial score (nSPS) is 20.7. The summed E-state index contributed by atoms with van der Waals surface area (Å²) in [6.07, 6.45) is 1.64. The molecule has 30 heavy (non-hydrogen) atoms. The molecule has 1 aliphatic heterocycles. The molecule has 1 fully saturated rings. The van der Waals surface area contributed by atoms with Crippen molar-refractivity contribution in [2.24, 2.45) is 0 Å². The highest BCUT2D eigenvalue weighted by Crippen LogP contribution is 2.47. The van der Waals surface area contributed by atoms with Crippen LogP contribution in [0.1, 0.15) is 20.8 Å². The second-order valence-electron chi connectivity index (χ2n) is 6.67. The molecule has 1 saturated heterocycles. The molecule has 2 unspecified atom stereocenters. The number of thiophene rings is 1. The van der Waals surface area contributed by atoms with Crippen LogP contribution in [0, 0.1) is 5.82 Å². The van der Waals surface area contributed by atoms with E-state index in [-0.39, 0.29) is 16.9 Å². The third-order valence-corrected chi connectivity index (χ3v) is 6.35. The van der Waals surface area contributed by atoms with Crippen molar-refractivity contribution >= 4 is 34.6 Å². The summed E-state index contributed by atoms with van der Waals surface area (Å²) in [7, 11) is 1.56. The molecule has 2 heterocycles. The highest BCUT2D eigenvalue weighted by Gasteiger charge is 2.56. The zero-order valence-corrected chi connectivity index (χ0v) is 17.7. The van der Waals surface area contributed by atoms with E-state index < -0.39 is 11.6 Å². The van der Waals surface area contributed by atoms with Gasteiger partial charge in [0.15, 0.2) is 5.60 Å². The Hall–Kier alpha value is -3.03. The van der Waals surface area contributed by atoms with E-state index in [4.69, 9.17) is 21.7 Å². The van der Waals surface area contributed by atoms with Gasteiger partial charge in [-0.25, -0.2) is 4.39 Å². The number of amides is 1. The molecule has 0 aliphatic carbocycles. The highest BCUT2D eigenvalue weighted by atomic mass is 32.1. The third kappa shape index (κ3) is 3.20. The number of carbonyl (C=O) groups is 1. The van der Waals surface area contributed by atoms with Crippen molar-refractivity contribution in [3.8, 4) is 5.75 Å². The standard InChI is InChI=1S/C23H18FNO3S2/c1-3-19-23(20-5-4-14-30-20,16-8-10-17(24)11-9-16)28-22(29)25(19)21(26)15-6-12-18(27-2)13-7-15/h3-14,19H,1H2,2H3. The minimum Gasteiger partial charge on any atom is -0.497 e. The van der Waals surface area contributed by atoms with Crippen LogP contribution in [0.3, 0.4) is 0 Å². The molecule has 152 valence electrons. The third-order valence-electron chi connectivity index (χ3n) is 5.08. The van der Waals surface area contributed by atoms with E-state index in [1.807, 2.05) is 17.5 Å². The van der Waals surface area contributed by atoms with Crippen LogP contribution in [0.2, 0.25) is 0 Å². The molecule has 0 N–H and O–H groups in total. The number of hydrogen-bond acceptors (Lipinski definition) is 5. The van der Waals surface area contributed by atoms with Gasteiger partial charge in [0, 0.05) is 11.1 Å². The van der Waals surface area contributed by atoms with E-state index in [1.165, 1.54) is 28.4 Å².